The van der Waals surface area contributed by atoms with Gasteiger partial charge in [-0.3, -0.25) is 24.0 Å². The van der Waals surface area contributed by atoms with Crippen molar-refractivity contribution < 1.29 is 41.9 Å². The van der Waals surface area contributed by atoms with Crippen molar-refractivity contribution in [2.24, 2.45) is 11.3 Å². The van der Waals surface area contributed by atoms with E-state index in [-0.39, 0.29) is 31.9 Å². The number of alkyl carbamates (subject to hydrolysis) is 1. The highest BCUT2D eigenvalue weighted by molar-refractivity contribution is 7.91. The van der Waals surface area contributed by atoms with E-state index in [0.29, 0.717) is 45.2 Å². The first-order chi connectivity index (χ1) is 23.6. The second kappa shape index (κ2) is 13.5. The number of ether oxygens (including phenoxy) is 2. The van der Waals surface area contributed by atoms with Gasteiger partial charge in [-0.2, -0.15) is 0 Å². The second-order valence-corrected chi connectivity index (χ2v) is 17.1. The van der Waals surface area contributed by atoms with Crippen LogP contribution in [0.1, 0.15) is 89.3 Å². The molecule has 3 fully saturated rings. The van der Waals surface area contributed by atoms with Crippen molar-refractivity contribution in [3.05, 3.63) is 41.0 Å². The molecule has 14 nitrogen and oxygen atoms in total. The lowest BCUT2D eigenvalue weighted by atomic mass is 9.85. The molecule has 3 aliphatic heterocycles. The summed E-state index contributed by atoms with van der Waals surface area (Å²) in [7, 11) is -3.87. The summed E-state index contributed by atoms with van der Waals surface area (Å²) in [6.07, 6.45) is 4.57. The minimum atomic E-state index is -3.87. The van der Waals surface area contributed by atoms with Gasteiger partial charge in [0.05, 0.1) is 24.9 Å². The Labute approximate surface area is 292 Å². The fraction of sp³-hybridized carbons (Fsp3) is 0.629. The molecular weight excluding hydrogens is 666 g/mol. The van der Waals surface area contributed by atoms with Gasteiger partial charge in [-0.25, -0.2) is 18.0 Å². The van der Waals surface area contributed by atoms with Gasteiger partial charge in [0.2, 0.25) is 21.8 Å². The summed E-state index contributed by atoms with van der Waals surface area (Å²) in [5, 5.41) is 4.87. The Bertz CT molecular complexity index is 1700. The number of carbonyl (C=O) groups is 5. The lowest BCUT2D eigenvalue weighted by molar-refractivity contribution is -0.143. The second-order valence-electron chi connectivity index (χ2n) is 15.2. The van der Waals surface area contributed by atoms with Crippen LogP contribution in [0.4, 0.5) is 9.59 Å². The van der Waals surface area contributed by atoms with Crippen LogP contribution in [0.2, 0.25) is 0 Å². The quantitative estimate of drug-likeness (QED) is 0.400. The Kier molecular flexibility index (Phi) is 9.66. The molecule has 5 atom stereocenters. The molecule has 6 rings (SSSR count). The van der Waals surface area contributed by atoms with Crippen LogP contribution in [0.25, 0.3) is 6.08 Å². The molecule has 0 spiro atoms. The first kappa shape index (κ1) is 35.7. The third kappa shape index (κ3) is 7.33. The van der Waals surface area contributed by atoms with Gasteiger partial charge in [0, 0.05) is 13.0 Å². The zero-order valence-corrected chi connectivity index (χ0v) is 29.8. The van der Waals surface area contributed by atoms with Crippen LogP contribution < -0.4 is 15.4 Å². The van der Waals surface area contributed by atoms with Gasteiger partial charge in [-0.05, 0) is 60.1 Å². The van der Waals surface area contributed by atoms with E-state index in [1.54, 1.807) is 25.7 Å². The van der Waals surface area contributed by atoms with Crippen LogP contribution in [-0.2, 0) is 47.0 Å². The molecule has 0 aromatic heterocycles. The van der Waals surface area contributed by atoms with Crippen LogP contribution in [0.15, 0.2) is 24.3 Å². The Morgan fingerprint density at radius 3 is 2.56 bits per heavy atom. The molecule has 2 saturated carbocycles. The smallest absolute Gasteiger partial charge is 0.410 e. The van der Waals surface area contributed by atoms with Gasteiger partial charge in [0.25, 0.3) is 5.91 Å². The molecule has 1 aromatic carbocycles. The Morgan fingerprint density at radius 1 is 1.12 bits per heavy atom. The van der Waals surface area contributed by atoms with Crippen molar-refractivity contribution in [3.8, 4) is 0 Å². The van der Waals surface area contributed by atoms with E-state index in [9.17, 15) is 32.4 Å². The maximum absolute atomic E-state index is 14.3. The fourth-order valence-corrected chi connectivity index (χ4v) is 8.53. The lowest BCUT2D eigenvalue weighted by Gasteiger charge is -2.35. The molecule has 15 heteroatoms. The normalized spacial score (nSPS) is 29.5. The van der Waals surface area contributed by atoms with Crippen molar-refractivity contribution in [2.75, 3.05) is 13.2 Å². The maximum Gasteiger partial charge on any atom is 0.410 e. The number of hydrogen-bond acceptors (Lipinski definition) is 9. The van der Waals surface area contributed by atoms with Gasteiger partial charge >= 0.3 is 12.2 Å². The number of nitrogens with one attached hydrogen (secondary N) is 3. The van der Waals surface area contributed by atoms with Gasteiger partial charge in [-0.1, -0.05) is 64.5 Å². The molecule has 3 N–H and O–H groups in total. The van der Waals surface area contributed by atoms with Crippen molar-refractivity contribution in [1.82, 2.24) is 25.2 Å². The number of carbonyl (C=O) groups excluding carboxylic acids is 5. The van der Waals surface area contributed by atoms with Crippen LogP contribution >= 0.6 is 0 Å². The predicted molar refractivity (Wildman–Crippen MR) is 181 cm³/mol. The number of allylic oxidation sites excluding steroid dienone is 1. The molecule has 0 radical (unpaired) electrons. The first-order valence-corrected chi connectivity index (χ1v) is 19.0. The van der Waals surface area contributed by atoms with E-state index in [0.717, 1.165) is 16.7 Å². The Hall–Kier alpha value is -4.14. The van der Waals surface area contributed by atoms with Crippen LogP contribution in [0, 0.1) is 11.3 Å². The summed E-state index contributed by atoms with van der Waals surface area (Å²) in [6.45, 7) is 7.84. The van der Waals surface area contributed by atoms with Gasteiger partial charge in [0.1, 0.15) is 23.7 Å². The number of fused-ring (bicyclic) bond motifs is 3. The Morgan fingerprint density at radius 2 is 1.88 bits per heavy atom. The molecule has 2 aliphatic carbocycles. The summed E-state index contributed by atoms with van der Waals surface area (Å²) in [4.78, 5) is 71.2. The van der Waals surface area contributed by atoms with Crippen molar-refractivity contribution in [2.45, 2.75) is 115 Å². The van der Waals surface area contributed by atoms with E-state index < -0.39 is 74.3 Å². The van der Waals surface area contributed by atoms with Crippen LogP contribution in [-0.4, -0.2) is 90.3 Å². The van der Waals surface area contributed by atoms with Crippen molar-refractivity contribution in [1.29, 1.82) is 0 Å². The molecule has 1 saturated heterocycles. The first-order valence-electron chi connectivity index (χ1n) is 17.5. The number of nitrogens with zero attached hydrogens (tertiary/aromatic N) is 2. The van der Waals surface area contributed by atoms with Gasteiger partial charge in [0.15, 0.2) is 0 Å². The van der Waals surface area contributed by atoms with Gasteiger partial charge in [-0.15, -0.1) is 0 Å². The van der Waals surface area contributed by atoms with Crippen LogP contribution in [0.3, 0.4) is 0 Å². The summed E-state index contributed by atoms with van der Waals surface area (Å²) in [5.74, 6) is -2.35. The number of rotatable bonds is 6. The summed E-state index contributed by atoms with van der Waals surface area (Å²) in [5.41, 5.74) is 0.707. The predicted octanol–water partition coefficient (Wildman–Crippen LogP) is 2.95. The average molecular weight is 714 g/mol. The highest BCUT2D eigenvalue weighted by Crippen LogP contribution is 2.47. The zero-order chi connectivity index (χ0) is 36.0. The number of sulfonamides is 1. The molecule has 5 amide bonds. The monoisotopic (exact) mass is 713 g/mol. The number of cyclic esters (lactones) is 1. The highest BCUT2D eigenvalue weighted by Gasteiger charge is 2.62. The topological polar surface area (TPSA) is 181 Å². The van der Waals surface area contributed by atoms with E-state index in [2.05, 4.69) is 15.4 Å². The summed E-state index contributed by atoms with van der Waals surface area (Å²) < 4.78 is 38.8. The minimum absolute atomic E-state index is 0.0612. The number of benzene rings is 1. The van der Waals surface area contributed by atoms with Crippen LogP contribution in [0.5, 0.6) is 0 Å². The molecular formula is C35H47N5O9S. The van der Waals surface area contributed by atoms with Gasteiger partial charge < -0.3 is 25.0 Å². The summed E-state index contributed by atoms with van der Waals surface area (Å²) in [6, 6.07) is 3.58. The largest absolute Gasteiger partial charge is 0.450 e. The minimum Gasteiger partial charge on any atom is -0.450 e. The van der Waals surface area contributed by atoms with E-state index in [4.69, 9.17) is 9.47 Å². The van der Waals surface area contributed by atoms with Crippen molar-refractivity contribution in [3.63, 3.8) is 0 Å². The molecule has 272 valence electrons. The highest BCUT2D eigenvalue weighted by atomic mass is 32.2. The fourth-order valence-electron chi connectivity index (χ4n) is 7.17. The standard InChI is InChI=1S/C35H47N5O9S/c1-5-23-17-35(23,31(43)38-50(46,47)25-13-14-25)37-29(41)27-16-24-19-40(27)30(42)28(34(2,3)4)36-32(44)48-15-8-6-7-10-21-11-9-12-22-18-39(20-26(21)22)33(45)49-24/h7,9-12,23-25,27-28H,5-6,8,13-20H2,1-4H3,(H,36,44)(H,37,41)(H,38,43)/b10-7-/t23-,24-,27+,28-,35-/m1/s1. The summed E-state index contributed by atoms with van der Waals surface area (Å²) >= 11 is 0. The zero-order valence-electron chi connectivity index (χ0n) is 29.0. The average Bonchev–Trinajstić information content (AvgIpc) is 3.94. The maximum atomic E-state index is 14.3. The number of hydrogen-bond donors (Lipinski definition) is 3. The number of amides is 5. The third-order valence-electron chi connectivity index (χ3n) is 10.4. The lowest BCUT2D eigenvalue weighted by Crippen LogP contribution is -2.60. The van der Waals surface area contributed by atoms with Crippen molar-refractivity contribution >= 4 is 46.0 Å². The SMILES string of the molecule is CC[C@@H]1C[C@]1(NC(=O)[C@@H]1C[C@@H]2CN1C(=O)[C@H](C(C)(C)C)NC(=O)OCCC/C=C\c1cccc3c1CN(C3)C(=O)O2)C(=O)NS(=O)(=O)C1CC1. The van der Waals surface area contributed by atoms with E-state index >= 15 is 0 Å². The molecule has 1 aromatic rings. The molecule has 50 heavy (non-hydrogen) atoms. The molecule has 4 bridgehead atoms. The van der Waals surface area contributed by atoms with E-state index in [1.807, 2.05) is 37.3 Å². The molecule has 0 unspecified atom stereocenters. The molecule has 3 heterocycles. The molecule has 5 aliphatic rings. The third-order valence-corrected chi connectivity index (χ3v) is 12.2. The Balaban J connectivity index is 1.27. The van der Waals surface area contributed by atoms with E-state index in [1.165, 1.54) is 4.90 Å².